The quantitative estimate of drug-likeness (QED) is 0.0736. The number of ether oxygens (including phenoxy) is 2. The number of unbranched alkanes of at least 4 members (excludes halogenated alkanes) is 2. The molecule has 0 aliphatic heterocycles. The van der Waals surface area contributed by atoms with Gasteiger partial charge in [0, 0.05) is 18.8 Å². The van der Waals surface area contributed by atoms with Gasteiger partial charge in [-0.1, -0.05) is 139 Å². The topological polar surface area (TPSA) is 36.9 Å². The number of benzene rings is 3. The van der Waals surface area contributed by atoms with Crippen molar-refractivity contribution in [2.45, 2.75) is 106 Å². The predicted molar refractivity (Wildman–Crippen MR) is 214 cm³/mol. The Morgan fingerprint density at radius 3 is 1.49 bits per heavy atom. The van der Waals surface area contributed by atoms with Crippen molar-refractivity contribution < 1.29 is 18.3 Å². The third-order valence-corrected chi connectivity index (χ3v) is 12.5. The van der Waals surface area contributed by atoms with Crippen LogP contribution in [-0.4, -0.2) is 35.0 Å². The van der Waals surface area contributed by atoms with Crippen LogP contribution in [0.3, 0.4) is 0 Å². The van der Waals surface area contributed by atoms with Crippen molar-refractivity contribution in [3.63, 3.8) is 0 Å². The third-order valence-electron chi connectivity index (χ3n) is 9.48. The predicted octanol–water partition coefficient (Wildman–Crippen LogP) is 11.9. The highest BCUT2D eigenvalue weighted by Crippen LogP contribution is 2.32. The Hall–Kier alpha value is -3.12. The number of aryl methyl sites for hydroxylation is 1. The van der Waals surface area contributed by atoms with Gasteiger partial charge < -0.3 is 18.3 Å². The van der Waals surface area contributed by atoms with Crippen molar-refractivity contribution in [2.75, 3.05) is 26.4 Å². The molecule has 3 aromatic carbocycles. The molecule has 0 amide bonds. The molecule has 2 unspecified atom stereocenters. The van der Waals surface area contributed by atoms with Gasteiger partial charge >= 0.3 is 8.56 Å². The minimum absolute atomic E-state index is 0.572. The first-order chi connectivity index (χ1) is 23.8. The summed E-state index contributed by atoms with van der Waals surface area (Å²) in [5, 5.41) is 1.16. The molecule has 0 aliphatic carbocycles. The summed E-state index contributed by atoms with van der Waals surface area (Å²) in [6.07, 6.45) is 18.3. The van der Waals surface area contributed by atoms with Crippen molar-refractivity contribution in [3.8, 4) is 11.5 Å². The smallest absolute Gasteiger partial charge is 0.369 e. The average molecular weight is 685 g/mol. The minimum atomic E-state index is -2.36. The zero-order valence-electron chi connectivity index (χ0n) is 31.9. The molecule has 0 N–H and O–H groups in total. The zero-order chi connectivity index (χ0) is 35.5. The van der Waals surface area contributed by atoms with Crippen molar-refractivity contribution in [3.05, 3.63) is 88.5 Å². The van der Waals surface area contributed by atoms with Gasteiger partial charge in [0.05, 0.1) is 13.2 Å². The first kappa shape index (κ1) is 40.3. The average Bonchev–Trinajstić information content (AvgIpc) is 3.11. The molecule has 0 aromatic heterocycles. The Morgan fingerprint density at radius 1 is 0.592 bits per heavy atom. The summed E-state index contributed by atoms with van der Waals surface area (Å²) in [6.45, 7) is 20.2. The highest BCUT2D eigenvalue weighted by Gasteiger charge is 2.33. The molecule has 3 aromatic rings. The van der Waals surface area contributed by atoms with Gasteiger partial charge in [-0.3, -0.25) is 0 Å². The molecule has 0 saturated carbocycles. The lowest BCUT2D eigenvalue weighted by Crippen LogP contribution is -2.51. The van der Waals surface area contributed by atoms with Crippen LogP contribution in [0.25, 0.3) is 24.3 Å². The first-order valence-electron chi connectivity index (χ1n) is 19.0. The van der Waals surface area contributed by atoms with Crippen LogP contribution >= 0.6 is 0 Å². The molecule has 0 heterocycles. The van der Waals surface area contributed by atoms with Gasteiger partial charge in [0.1, 0.15) is 11.5 Å². The van der Waals surface area contributed by atoms with Crippen LogP contribution in [-0.2, 0) is 8.85 Å². The van der Waals surface area contributed by atoms with E-state index in [9.17, 15) is 0 Å². The van der Waals surface area contributed by atoms with E-state index in [0.29, 0.717) is 25.0 Å². The number of hydrogen-bond donors (Lipinski definition) is 0. The Balaban J connectivity index is 1.76. The molecule has 2 atom stereocenters. The molecule has 0 fully saturated rings. The summed E-state index contributed by atoms with van der Waals surface area (Å²) in [4.78, 5) is 0. The monoisotopic (exact) mass is 684 g/mol. The fourth-order valence-corrected chi connectivity index (χ4v) is 8.34. The van der Waals surface area contributed by atoms with E-state index in [1.54, 1.807) is 0 Å². The maximum absolute atomic E-state index is 6.53. The number of hydrogen-bond acceptors (Lipinski definition) is 4. The Morgan fingerprint density at radius 2 is 1.04 bits per heavy atom. The molecule has 4 nitrogen and oxygen atoms in total. The van der Waals surface area contributed by atoms with Gasteiger partial charge in [0.25, 0.3) is 0 Å². The largest absolute Gasteiger partial charge is 0.493 e. The van der Waals surface area contributed by atoms with Crippen LogP contribution < -0.4 is 14.7 Å². The zero-order valence-corrected chi connectivity index (χ0v) is 32.9. The summed E-state index contributed by atoms with van der Waals surface area (Å²) in [6, 6.07) is 21.6. The van der Waals surface area contributed by atoms with E-state index in [1.165, 1.54) is 38.5 Å². The molecule has 49 heavy (non-hydrogen) atoms. The molecule has 0 radical (unpaired) electrons. The van der Waals surface area contributed by atoms with Crippen LogP contribution in [0.5, 0.6) is 11.5 Å². The van der Waals surface area contributed by atoms with Gasteiger partial charge in [0.2, 0.25) is 0 Å². The SMILES string of the molecule is CCCCC(CC)COc1cc(/C=C/c2ccc(/C=C/c3ccc([Si](C)(OCC)OCC)cc3)cc2)c(OCC(CC)CCCC)cc1C. The van der Waals surface area contributed by atoms with E-state index in [1.807, 2.05) is 13.8 Å². The van der Waals surface area contributed by atoms with Crippen LogP contribution in [0.2, 0.25) is 6.55 Å². The molecule has 0 bridgehead atoms. The molecule has 0 saturated heterocycles. The Bertz CT molecular complexity index is 1400. The van der Waals surface area contributed by atoms with E-state index < -0.39 is 8.56 Å². The second-order valence-electron chi connectivity index (χ2n) is 13.4. The molecule has 0 aliphatic rings. The molecular weight excluding hydrogens is 621 g/mol. The van der Waals surface area contributed by atoms with E-state index >= 15 is 0 Å². The van der Waals surface area contributed by atoms with Crippen LogP contribution in [0.15, 0.2) is 60.7 Å². The van der Waals surface area contributed by atoms with Crippen molar-refractivity contribution in [2.24, 2.45) is 11.8 Å². The van der Waals surface area contributed by atoms with Crippen molar-refractivity contribution >= 4 is 38.1 Å². The van der Waals surface area contributed by atoms with Gasteiger partial charge in [-0.15, -0.1) is 0 Å². The molecule has 268 valence electrons. The Labute approximate surface area is 300 Å². The summed E-state index contributed by atoms with van der Waals surface area (Å²) in [7, 11) is -2.36. The molecule has 3 rings (SSSR count). The second kappa shape index (κ2) is 21.9. The first-order valence-corrected chi connectivity index (χ1v) is 21.3. The highest BCUT2D eigenvalue weighted by atomic mass is 28.4. The standard InChI is InChI=1S/C44H64O4Si/c1-9-15-17-36(11-3)33-45-43-32-41(44(31-35(43)7)46-34-37(12-4)18-16-10-2)28-25-39-22-19-38(20-23-39)21-24-40-26-29-42(30-27-40)49(8,47-13-5)48-14-6/h19-32,36-37H,9-18,33-34H2,1-8H3/b24-21+,28-25+. The normalized spacial score (nSPS) is 13.3. The van der Waals surface area contributed by atoms with Gasteiger partial charge in [-0.2, -0.15) is 0 Å². The summed E-state index contributed by atoms with van der Waals surface area (Å²) >= 11 is 0. The summed E-state index contributed by atoms with van der Waals surface area (Å²) < 4.78 is 25.1. The summed E-state index contributed by atoms with van der Waals surface area (Å²) in [5.74, 6) is 3.05. The van der Waals surface area contributed by atoms with Crippen LogP contribution in [0, 0.1) is 18.8 Å². The van der Waals surface area contributed by atoms with Gasteiger partial charge in [0.15, 0.2) is 0 Å². The minimum Gasteiger partial charge on any atom is -0.493 e. The lowest BCUT2D eigenvalue weighted by molar-refractivity contribution is 0.202. The van der Waals surface area contributed by atoms with Crippen LogP contribution in [0.1, 0.15) is 121 Å². The molecule has 0 spiro atoms. The van der Waals surface area contributed by atoms with E-state index in [4.69, 9.17) is 18.3 Å². The van der Waals surface area contributed by atoms with E-state index in [-0.39, 0.29) is 0 Å². The fourth-order valence-electron chi connectivity index (χ4n) is 6.05. The van der Waals surface area contributed by atoms with Crippen LogP contribution in [0.4, 0.5) is 0 Å². The van der Waals surface area contributed by atoms with Gasteiger partial charge in [-0.05, 0) is 91.6 Å². The lowest BCUT2D eigenvalue weighted by Gasteiger charge is -2.26. The number of rotatable bonds is 23. The lowest BCUT2D eigenvalue weighted by atomic mass is 10.00. The maximum Gasteiger partial charge on any atom is 0.369 e. The van der Waals surface area contributed by atoms with E-state index in [2.05, 4.69) is 126 Å². The summed E-state index contributed by atoms with van der Waals surface area (Å²) in [5.41, 5.74) is 5.65. The van der Waals surface area contributed by atoms with E-state index in [0.717, 1.165) is 70.6 Å². The molecule has 5 heteroatoms. The van der Waals surface area contributed by atoms with Crippen molar-refractivity contribution in [1.29, 1.82) is 0 Å². The van der Waals surface area contributed by atoms with Gasteiger partial charge in [-0.25, -0.2) is 0 Å². The Kier molecular flexibility index (Phi) is 18.0. The van der Waals surface area contributed by atoms with Crippen molar-refractivity contribution in [1.82, 2.24) is 0 Å². The maximum atomic E-state index is 6.53. The molecular formula is C44H64O4Si. The fraction of sp³-hybridized carbons (Fsp3) is 0.500. The third kappa shape index (κ3) is 13.3. The highest BCUT2D eigenvalue weighted by molar-refractivity contribution is 6.79. The second-order valence-corrected chi connectivity index (χ2v) is 16.4.